The molecule has 1 saturated carbocycles. The first-order chi connectivity index (χ1) is 14.5. The van der Waals surface area contributed by atoms with Crippen LogP contribution in [0, 0.1) is 23.2 Å². The van der Waals surface area contributed by atoms with Crippen molar-refractivity contribution in [3.8, 4) is 6.07 Å². The van der Waals surface area contributed by atoms with Gasteiger partial charge >= 0.3 is 5.97 Å². The molecule has 0 amide bonds. The van der Waals surface area contributed by atoms with Crippen LogP contribution >= 0.6 is 0 Å². The highest BCUT2D eigenvalue weighted by molar-refractivity contribution is 5.89. The summed E-state index contributed by atoms with van der Waals surface area (Å²) in [6.07, 6.45) is 3.24. The number of rotatable bonds is 6. The normalized spacial score (nSPS) is 27.6. The summed E-state index contributed by atoms with van der Waals surface area (Å²) in [4.78, 5) is 11.4. The van der Waals surface area contributed by atoms with E-state index in [1.54, 1.807) is 12.1 Å². The van der Waals surface area contributed by atoms with Gasteiger partial charge in [0.2, 0.25) is 0 Å². The number of benzene rings is 2. The van der Waals surface area contributed by atoms with Gasteiger partial charge in [-0.05, 0) is 72.8 Å². The molecule has 1 fully saturated rings. The summed E-state index contributed by atoms with van der Waals surface area (Å²) in [6.45, 7) is 0. The zero-order chi connectivity index (χ0) is 21.3. The van der Waals surface area contributed by atoms with Crippen LogP contribution in [0.3, 0.4) is 0 Å². The molecule has 0 aromatic heterocycles. The number of aromatic carboxylic acids is 1. The summed E-state index contributed by atoms with van der Waals surface area (Å²) in [5, 5.41) is 39.9. The molecule has 3 N–H and O–H groups in total. The Labute approximate surface area is 176 Å². The van der Waals surface area contributed by atoms with E-state index in [1.165, 1.54) is 0 Å². The van der Waals surface area contributed by atoms with Crippen molar-refractivity contribution in [3.63, 3.8) is 0 Å². The first kappa shape index (κ1) is 20.6. The van der Waals surface area contributed by atoms with Crippen molar-refractivity contribution in [3.05, 3.63) is 70.3 Å². The molecular weight excluding hydrogens is 378 g/mol. The molecule has 2 aromatic carbocycles. The smallest absolute Gasteiger partial charge is 0.335 e. The van der Waals surface area contributed by atoms with Crippen LogP contribution in [0.4, 0.5) is 0 Å². The highest BCUT2D eigenvalue weighted by atomic mass is 16.4. The Morgan fingerprint density at radius 3 is 2.73 bits per heavy atom. The van der Waals surface area contributed by atoms with Gasteiger partial charge in [-0.15, -0.1) is 0 Å². The Balaban J connectivity index is 1.52. The van der Waals surface area contributed by atoms with Crippen LogP contribution in [0.15, 0.2) is 42.5 Å². The molecule has 5 heteroatoms. The molecule has 5 atom stereocenters. The molecule has 2 aliphatic carbocycles. The minimum absolute atomic E-state index is 0.0337. The maximum Gasteiger partial charge on any atom is 0.335 e. The number of carboxylic acids is 1. The number of hydrogen-bond donors (Lipinski definition) is 3. The molecule has 0 aliphatic heterocycles. The summed E-state index contributed by atoms with van der Waals surface area (Å²) in [5.74, 6) is -1.20. The molecule has 0 heterocycles. The van der Waals surface area contributed by atoms with Crippen molar-refractivity contribution in [2.75, 3.05) is 0 Å². The van der Waals surface area contributed by atoms with Crippen LogP contribution in [0.25, 0.3) is 0 Å². The third kappa shape index (κ3) is 3.86. The molecule has 0 radical (unpaired) electrons. The highest BCUT2D eigenvalue weighted by Gasteiger charge is 2.43. The predicted octanol–water partition coefficient (Wildman–Crippen LogP) is 3.99. The molecule has 4 rings (SSSR count). The van der Waals surface area contributed by atoms with E-state index >= 15 is 0 Å². The number of nitrogens with zero attached hydrogens (tertiary/aromatic N) is 1. The lowest BCUT2D eigenvalue weighted by Gasteiger charge is -2.24. The number of hydrogen-bond acceptors (Lipinski definition) is 4. The van der Waals surface area contributed by atoms with Gasteiger partial charge in [0.25, 0.3) is 0 Å². The summed E-state index contributed by atoms with van der Waals surface area (Å²) in [5.41, 5.74) is 4.30. The fourth-order valence-electron chi connectivity index (χ4n) is 5.41. The first-order valence-corrected chi connectivity index (χ1v) is 10.7. The number of nitriles is 1. The zero-order valence-corrected chi connectivity index (χ0v) is 16.9. The molecule has 0 spiro atoms. The molecule has 30 heavy (non-hydrogen) atoms. The molecule has 2 aliphatic rings. The number of carbonyl (C=O) groups is 1. The monoisotopic (exact) mass is 405 g/mol. The lowest BCUT2D eigenvalue weighted by molar-refractivity contribution is 0.0695. The summed E-state index contributed by atoms with van der Waals surface area (Å²) < 4.78 is 0. The average Bonchev–Trinajstić information content (AvgIpc) is 3.27. The number of aliphatic hydroxyl groups excluding tert-OH is 2. The number of aryl methyl sites for hydroxylation is 2. The van der Waals surface area contributed by atoms with Gasteiger partial charge in [0, 0.05) is 5.92 Å². The van der Waals surface area contributed by atoms with E-state index in [-0.39, 0.29) is 17.8 Å². The topological polar surface area (TPSA) is 102 Å². The Hall–Kier alpha value is -2.68. The van der Waals surface area contributed by atoms with Crippen LogP contribution in [0.1, 0.15) is 70.3 Å². The minimum atomic E-state index is -0.921. The van der Waals surface area contributed by atoms with Crippen LogP contribution in [-0.4, -0.2) is 27.4 Å². The van der Waals surface area contributed by atoms with Gasteiger partial charge in [-0.25, -0.2) is 4.79 Å². The second-order valence-corrected chi connectivity index (χ2v) is 8.60. The van der Waals surface area contributed by atoms with Crippen LogP contribution in [0.2, 0.25) is 0 Å². The number of carboxylic acid groups (broad SMARTS) is 1. The maximum atomic E-state index is 11.4. The van der Waals surface area contributed by atoms with Crippen molar-refractivity contribution in [2.24, 2.45) is 11.8 Å². The van der Waals surface area contributed by atoms with Crippen LogP contribution in [0.5, 0.6) is 0 Å². The van der Waals surface area contributed by atoms with Gasteiger partial charge in [0.05, 0.1) is 29.8 Å². The second kappa shape index (κ2) is 8.59. The SMILES string of the molecule is N#C[C@@H]1C[C@@H](O)C(c2ccc3c(c2)CCC3O)C1CCCc1ccccc1C(=O)O. The first-order valence-electron chi connectivity index (χ1n) is 10.7. The van der Waals surface area contributed by atoms with Gasteiger partial charge in [-0.3, -0.25) is 0 Å². The minimum Gasteiger partial charge on any atom is -0.478 e. The van der Waals surface area contributed by atoms with Gasteiger partial charge < -0.3 is 15.3 Å². The van der Waals surface area contributed by atoms with Crippen molar-refractivity contribution < 1.29 is 20.1 Å². The van der Waals surface area contributed by atoms with Crippen molar-refractivity contribution in [2.45, 2.75) is 56.7 Å². The van der Waals surface area contributed by atoms with Crippen molar-refractivity contribution in [1.82, 2.24) is 0 Å². The van der Waals surface area contributed by atoms with E-state index in [4.69, 9.17) is 0 Å². The molecular formula is C25H27NO4. The summed E-state index contributed by atoms with van der Waals surface area (Å²) in [6, 6.07) is 15.5. The lowest BCUT2D eigenvalue weighted by Crippen LogP contribution is -2.19. The predicted molar refractivity (Wildman–Crippen MR) is 112 cm³/mol. The zero-order valence-electron chi connectivity index (χ0n) is 16.9. The van der Waals surface area contributed by atoms with E-state index in [2.05, 4.69) is 12.1 Å². The molecule has 5 nitrogen and oxygen atoms in total. The Bertz CT molecular complexity index is 979. The Kier molecular flexibility index (Phi) is 5.90. The van der Waals surface area contributed by atoms with E-state index in [9.17, 15) is 25.4 Å². The van der Waals surface area contributed by atoms with E-state index in [1.807, 2.05) is 24.3 Å². The third-order valence-electron chi connectivity index (χ3n) is 6.88. The Morgan fingerprint density at radius 2 is 1.97 bits per heavy atom. The molecule has 0 saturated heterocycles. The van der Waals surface area contributed by atoms with Crippen LogP contribution in [-0.2, 0) is 12.8 Å². The average molecular weight is 405 g/mol. The molecule has 0 bridgehead atoms. The summed E-state index contributed by atoms with van der Waals surface area (Å²) in [7, 11) is 0. The van der Waals surface area contributed by atoms with E-state index < -0.39 is 18.2 Å². The second-order valence-electron chi connectivity index (χ2n) is 8.60. The van der Waals surface area contributed by atoms with E-state index in [0.29, 0.717) is 18.4 Å². The number of aliphatic hydroxyl groups is 2. The fraction of sp³-hybridized carbons (Fsp3) is 0.440. The van der Waals surface area contributed by atoms with Crippen molar-refractivity contribution >= 4 is 5.97 Å². The Morgan fingerprint density at radius 1 is 1.17 bits per heavy atom. The molecule has 2 aromatic rings. The third-order valence-corrected chi connectivity index (χ3v) is 6.88. The standard InChI is InChI=1S/C25H27NO4/c26-14-18-13-23(28)24(17-8-10-19-16(12-17)9-11-22(19)27)20(18)7-3-5-15-4-1-2-6-21(15)25(29)30/h1-2,4,6,8,10,12,18,20,22-24,27-28H,3,5,7,9,11,13H2,(H,29,30)/t18-,20?,22?,23+,24?/m0/s1. The summed E-state index contributed by atoms with van der Waals surface area (Å²) >= 11 is 0. The lowest BCUT2D eigenvalue weighted by atomic mass is 9.80. The van der Waals surface area contributed by atoms with E-state index in [0.717, 1.165) is 47.9 Å². The number of fused-ring (bicyclic) bond motifs is 1. The maximum absolute atomic E-state index is 11.4. The van der Waals surface area contributed by atoms with Gasteiger partial charge in [0.15, 0.2) is 0 Å². The largest absolute Gasteiger partial charge is 0.478 e. The van der Waals surface area contributed by atoms with Crippen molar-refractivity contribution in [1.29, 1.82) is 5.26 Å². The quantitative estimate of drug-likeness (QED) is 0.674. The fourth-order valence-corrected chi connectivity index (χ4v) is 5.41. The van der Waals surface area contributed by atoms with Gasteiger partial charge in [0.1, 0.15) is 0 Å². The highest BCUT2D eigenvalue weighted by Crippen LogP contribution is 2.47. The molecule has 156 valence electrons. The van der Waals surface area contributed by atoms with Gasteiger partial charge in [-0.1, -0.05) is 36.4 Å². The molecule has 3 unspecified atom stereocenters. The van der Waals surface area contributed by atoms with Gasteiger partial charge in [-0.2, -0.15) is 5.26 Å². The van der Waals surface area contributed by atoms with Crippen LogP contribution < -0.4 is 0 Å².